The Morgan fingerprint density at radius 3 is 0.688 bits per heavy atom. The smallest absolute Gasteiger partial charge is 0.320 e. The van der Waals surface area contributed by atoms with Gasteiger partial charge in [-0.15, -0.1) is 0 Å². The summed E-state index contributed by atoms with van der Waals surface area (Å²) in [6.07, 6.45) is 7.14. The summed E-state index contributed by atoms with van der Waals surface area (Å²) in [7, 11) is 0. The van der Waals surface area contributed by atoms with Crippen LogP contribution >= 0.6 is 0 Å². The van der Waals surface area contributed by atoms with E-state index in [1.54, 1.807) is 0 Å². The third-order valence-corrected chi connectivity index (χ3v) is 5.43. The van der Waals surface area contributed by atoms with Crippen molar-refractivity contribution >= 4 is 23.9 Å². The maximum absolute atomic E-state index is 10.1. The van der Waals surface area contributed by atoms with E-state index in [4.69, 9.17) is 20.4 Å². The van der Waals surface area contributed by atoms with Crippen molar-refractivity contribution < 1.29 is 39.6 Å². The second-order valence-corrected chi connectivity index (χ2v) is 7.95. The van der Waals surface area contributed by atoms with Crippen molar-refractivity contribution in [3.63, 3.8) is 0 Å². The normalized spacial score (nSPS) is 28.2. The monoisotopic (exact) mass is 460 g/mol. The number of carboxylic acids is 4. The predicted molar refractivity (Wildman–Crippen MR) is 115 cm³/mol. The number of carboxylic acid groups (broad SMARTS) is 4. The highest BCUT2D eigenvalue weighted by molar-refractivity contribution is 5.74. The molecule has 4 saturated heterocycles. The van der Waals surface area contributed by atoms with Crippen molar-refractivity contribution in [1.82, 2.24) is 21.3 Å². The van der Waals surface area contributed by atoms with E-state index in [2.05, 4.69) is 21.3 Å². The zero-order chi connectivity index (χ0) is 23.9. The number of nitrogens with one attached hydrogen (secondary N) is 4. The first-order valence-electron chi connectivity index (χ1n) is 11.1. The number of hydrogen-bond acceptors (Lipinski definition) is 8. The van der Waals surface area contributed by atoms with E-state index in [0.29, 0.717) is 0 Å². The maximum atomic E-state index is 10.1. The Bertz CT molecular complexity index is 490. The topological polar surface area (TPSA) is 197 Å². The fraction of sp³-hybridized carbons (Fsp3) is 0.800. The highest BCUT2D eigenvalue weighted by Gasteiger charge is 2.22. The van der Waals surface area contributed by atoms with Crippen LogP contribution in [0.15, 0.2) is 0 Å². The first kappa shape index (κ1) is 27.8. The average Bonchev–Trinajstić information content (AvgIpc) is 3.56. The van der Waals surface area contributed by atoms with Crippen LogP contribution in [0.25, 0.3) is 0 Å². The molecule has 184 valence electrons. The molecular formula is C20H36N4O8. The summed E-state index contributed by atoms with van der Waals surface area (Å²) < 4.78 is 0. The number of hydrogen-bond donors (Lipinski definition) is 8. The Kier molecular flexibility index (Phi) is 13.5. The molecule has 0 bridgehead atoms. The van der Waals surface area contributed by atoms with E-state index in [9.17, 15) is 19.2 Å². The molecule has 0 radical (unpaired) electrons. The van der Waals surface area contributed by atoms with Gasteiger partial charge in [0.2, 0.25) is 0 Å². The lowest BCUT2D eigenvalue weighted by molar-refractivity contribution is -0.140. The van der Waals surface area contributed by atoms with E-state index in [0.717, 1.165) is 77.5 Å². The van der Waals surface area contributed by atoms with E-state index < -0.39 is 23.9 Å². The molecule has 0 spiro atoms. The zero-order valence-electron chi connectivity index (χ0n) is 18.2. The molecule has 4 heterocycles. The summed E-state index contributed by atoms with van der Waals surface area (Å²) in [6.45, 7) is 3.43. The SMILES string of the molecule is O=C(O)[C@@H]1CCCN1.O=C(O)[C@@H]1CCCN1.O=C(O)[C@@H]1CCCN1.O=C(O)[C@@H]1CCCN1. The minimum atomic E-state index is -0.720. The van der Waals surface area contributed by atoms with Crippen molar-refractivity contribution in [2.45, 2.75) is 75.5 Å². The average molecular weight is 461 g/mol. The molecule has 4 aliphatic rings. The second kappa shape index (κ2) is 15.5. The van der Waals surface area contributed by atoms with Crippen molar-refractivity contribution in [2.24, 2.45) is 0 Å². The molecule has 0 saturated carbocycles. The molecule has 0 amide bonds. The van der Waals surface area contributed by atoms with Gasteiger partial charge in [0.15, 0.2) is 0 Å². The van der Waals surface area contributed by atoms with E-state index in [1.807, 2.05) is 0 Å². The van der Waals surface area contributed by atoms with Gasteiger partial charge >= 0.3 is 23.9 Å². The molecule has 4 aliphatic heterocycles. The van der Waals surface area contributed by atoms with Crippen LogP contribution in [-0.2, 0) is 19.2 Å². The summed E-state index contributed by atoms with van der Waals surface area (Å²) in [6, 6.07) is -1.07. The van der Waals surface area contributed by atoms with E-state index in [1.165, 1.54) is 0 Å². The van der Waals surface area contributed by atoms with Crippen molar-refractivity contribution in [2.75, 3.05) is 26.2 Å². The van der Waals surface area contributed by atoms with Crippen LogP contribution in [0.3, 0.4) is 0 Å². The van der Waals surface area contributed by atoms with Gasteiger partial charge in [-0.05, 0) is 77.5 Å². The van der Waals surface area contributed by atoms with Crippen molar-refractivity contribution in [1.29, 1.82) is 0 Å². The van der Waals surface area contributed by atoms with Crippen LogP contribution in [0.1, 0.15) is 51.4 Å². The second-order valence-electron chi connectivity index (χ2n) is 7.95. The van der Waals surface area contributed by atoms with Gasteiger partial charge in [-0.3, -0.25) is 19.2 Å². The third kappa shape index (κ3) is 11.4. The lowest BCUT2D eigenvalue weighted by atomic mass is 10.2. The van der Waals surface area contributed by atoms with Crippen LogP contribution in [0, 0.1) is 0 Å². The number of aliphatic carboxylic acids is 4. The molecule has 4 atom stereocenters. The third-order valence-electron chi connectivity index (χ3n) is 5.43. The summed E-state index contributed by atoms with van der Waals surface area (Å²) in [4.78, 5) is 40.6. The molecule has 4 rings (SSSR count). The Hall–Kier alpha value is -2.28. The van der Waals surface area contributed by atoms with Gasteiger partial charge in [0.25, 0.3) is 0 Å². The molecule has 12 heteroatoms. The molecule has 0 aromatic heterocycles. The van der Waals surface area contributed by atoms with Crippen LogP contribution in [0.5, 0.6) is 0 Å². The zero-order valence-corrected chi connectivity index (χ0v) is 18.2. The quantitative estimate of drug-likeness (QED) is 0.263. The molecule has 12 nitrogen and oxygen atoms in total. The maximum Gasteiger partial charge on any atom is 0.320 e. The van der Waals surface area contributed by atoms with Gasteiger partial charge in [-0.1, -0.05) is 0 Å². The molecule has 0 unspecified atom stereocenters. The molecule has 32 heavy (non-hydrogen) atoms. The first-order chi connectivity index (χ1) is 15.2. The summed E-state index contributed by atoms with van der Waals surface area (Å²) >= 11 is 0. The van der Waals surface area contributed by atoms with Crippen molar-refractivity contribution in [3.8, 4) is 0 Å². The molecule has 0 aromatic carbocycles. The highest BCUT2D eigenvalue weighted by Crippen LogP contribution is 2.05. The van der Waals surface area contributed by atoms with Crippen molar-refractivity contribution in [3.05, 3.63) is 0 Å². The standard InChI is InChI=1S/4C5H9NO2/c4*7-5(8)4-2-1-3-6-4/h4*4,6H,1-3H2,(H,7,8)/t4*4-/m0000/s1. The Morgan fingerprint density at radius 1 is 0.438 bits per heavy atom. The molecular weight excluding hydrogens is 424 g/mol. The molecule has 0 aromatic rings. The van der Waals surface area contributed by atoms with Gasteiger partial charge in [0.05, 0.1) is 0 Å². The van der Waals surface area contributed by atoms with Crippen LogP contribution in [0.4, 0.5) is 0 Å². The van der Waals surface area contributed by atoms with Crippen LogP contribution < -0.4 is 21.3 Å². The Balaban J connectivity index is 0.000000213. The lowest BCUT2D eigenvalue weighted by Gasteiger charge is -1.99. The molecule has 0 aliphatic carbocycles. The Morgan fingerprint density at radius 2 is 0.625 bits per heavy atom. The van der Waals surface area contributed by atoms with Gasteiger partial charge in [0, 0.05) is 0 Å². The van der Waals surface area contributed by atoms with Gasteiger partial charge < -0.3 is 41.7 Å². The number of rotatable bonds is 4. The Labute approximate surface area is 187 Å². The van der Waals surface area contributed by atoms with Gasteiger partial charge in [-0.25, -0.2) is 0 Å². The minimum Gasteiger partial charge on any atom is -0.480 e. The fourth-order valence-electron chi connectivity index (χ4n) is 3.58. The summed E-state index contributed by atoms with van der Waals surface area (Å²) in [5, 5.41) is 44.8. The van der Waals surface area contributed by atoms with Crippen LogP contribution in [0.2, 0.25) is 0 Å². The molecule has 4 fully saturated rings. The lowest BCUT2D eigenvalue weighted by Crippen LogP contribution is -2.29. The first-order valence-corrected chi connectivity index (χ1v) is 11.1. The number of carbonyl (C=O) groups is 4. The predicted octanol–water partition coefficient (Wildman–Crippen LogP) is -0.708. The largest absolute Gasteiger partial charge is 0.480 e. The fourth-order valence-corrected chi connectivity index (χ4v) is 3.58. The van der Waals surface area contributed by atoms with Gasteiger partial charge in [0.1, 0.15) is 24.2 Å². The summed E-state index contributed by atoms with van der Waals surface area (Å²) in [5.74, 6) is -2.88. The van der Waals surface area contributed by atoms with Crippen LogP contribution in [-0.4, -0.2) is 94.6 Å². The van der Waals surface area contributed by atoms with E-state index >= 15 is 0 Å². The molecule has 8 N–H and O–H groups in total. The minimum absolute atomic E-state index is 0.269. The highest BCUT2D eigenvalue weighted by atomic mass is 16.4. The van der Waals surface area contributed by atoms with Gasteiger partial charge in [-0.2, -0.15) is 0 Å². The summed E-state index contributed by atoms with van der Waals surface area (Å²) in [5.41, 5.74) is 0. The van der Waals surface area contributed by atoms with E-state index in [-0.39, 0.29) is 24.2 Å².